The van der Waals surface area contributed by atoms with E-state index in [1.165, 1.54) is 10.9 Å². The molecular formula is C27H26ClN5O2. The van der Waals surface area contributed by atoms with Gasteiger partial charge in [0.1, 0.15) is 17.4 Å². The average molecular weight is 488 g/mol. The quantitative estimate of drug-likeness (QED) is 0.324. The molecule has 4 rings (SSSR count). The predicted octanol–water partition coefficient (Wildman–Crippen LogP) is 5.98. The van der Waals surface area contributed by atoms with Crippen molar-refractivity contribution in [2.24, 2.45) is 0 Å². The lowest BCUT2D eigenvalue weighted by Gasteiger charge is -2.12. The Kier molecular flexibility index (Phi) is 7.04. The number of halogens is 1. The Labute approximate surface area is 209 Å². The molecule has 0 bridgehead atoms. The monoisotopic (exact) mass is 487 g/mol. The fourth-order valence-electron chi connectivity index (χ4n) is 3.98. The van der Waals surface area contributed by atoms with E-state index >= 15 is 0 Å². The zero-order valence-corrected chi connectivity index (χ0v) is 20.9. The molecule has 178 valence electrons. The molecule has 0 saturated heterocycles. The van der Waals surface area contributed by atoms with Crippen LogP contribution in [0.5, 0.6) is 5.75 Å². The molecular weight excluding hydrogens is 462 g/mol. The van der Waals surface area contributed by atoms with E-state index in [2.05, 4.69) is 16.5 Å². The summed E-state index contributed by atoms with van der Waals surface area (Å²) >= 11 is 6.20. The molecule has 0 saturated carbocycles. The number of nitrogens with zero attached hydrogens (tertiary/aromatic N) is 4. The standard InChI is InChI=1S/C27H26ClN5O2/c1-16-7-5-8-22-17(2)13-23(31-26(16)22)33-27(20(14-29)15-30-33)32-24(34)9-6-10-35-21-11-18(3)25(28)19(4)12-21/h5,7-8,11-13,15H,6,9-10H2,1-4H3,(H,32,34). The summed E-state index contributed by atoms with van der Waals surface area (Å²) in [6.07, 6.45) is 2.17. The Hall–Kier alpha value is -3.89. The minimum absolute atomic E-state index is 0.227. The summed E-state index contributed by atoms with van der Waals surface area (Å²) in [5.41, 5.74) is 5.10. The summed E-state index contributed by atoms with van der Waals surface area (Å²) in [7, 11) is 0. The van der Waals surface area contributed by atoms with Crippen LogP contribution in [0.15, 0.2) is 42.6 Å². The van der Waals surface area contributed by atoms with Gasteiger partial charge in [-0.3, -0.25) is 4.79 Å². The van der Waals surface area contributed by atoms with Crippen LogP contribution >= 0.6 is 11.6 Å². The van der Waals surface area contributed by atoms with Gasteiger partial charge < -0.3 is 10.1 Å². The fraction of sp³-hybridized carbons (Fsp3) is 0.259. The van der Waals surface area contributed by atoms with Gasteiger partial charge in [-0.25, -0.2) is 4.98 Å². The fourth-order valence-corrected chi connectivity index (χ4v) is 4.09. The van der Waals surface area contributed by atoms with E-state index in [1.807, 2.05) is 64.1 Å². The largest absolute Gasteiger partial charge is 0.494 e. The minimum Gasteiger partial charge on any atom is -0.494 e. The number of nitriles is 1. The third-order valence-electron chi connectivity index (χ3n) is 5.83. The van der Waals surface area contributed by atoms with E-state index in [9.17, 15) is 10.1 Å². The molecule has 1 amide bonds. The summed E-state index contributed by atoms with van der Waals surface area (Å²) in [5, 5.41) is 18.5. The van der Waals surface area contributed by atoms with Crippen molar-refractivity contribution in [1.82, 2.24) is 14.8 Å². The van der Waals surface area contributed by atoms with Crippen molar-refractivity contribution in [3.63, 3.8) is 0 Å². The van der Waals surface area contributed by atoms with E-state index < -0.39 is 0 Å². The summed E-state index contributed by atoms with van der Waals surface area (Å²) in [5.74, 6) is 1.34. The van der Waals surface area contributed by atoms with Crippen LogP contribution in [-0.4, -0.2) is 27.3 Å². The maximum Gasteiger partial charge on any atom is 0.225 e. The van der Waals surface area contributed by atoms with Crippen LogP contribution < -0.4 is 10.1 Å². The molecule has 0 aliphatic carbocycles. The van der Waals surface area contributed by atoms with Crippen molar-refractivity contribution in [3.05, 3.63) is 75.4 Å². The zero-order chi connectivity index (χ0) is 25.1. The molecule has 8 heteroatoms. The molecule has 2 heterocycles. The first kappa shape index (κ1) is 24.2. The molecule has 1 N–H and O–H groups in total. The highest BCUT2D eigenvalue weighted by Crippen LogP contribution is 2.27. The maximum atomic E-state index is 12.7. The smallest absolute Gasteiger partial charge is 0.225 e. The van der Waals surface area contributed by atoms with Crippen molar-refractivity contribution in [2.45, 2.75) is 40.5 Å². The van der Waals surface area contributed by atoms with E-state index in [4.69, 9.17) is 21.3 Å². The Morgan fingerprint density at radius 2 is 1.86 bits per heavy atom. The van der Waals surface area contributed by atoms with Gasteiger partial charge >= 0.3 is 0 Å². The van der Waals surface area contributed by atoms with Gasteiger partial charge in [0.2, 0.25) is 5.91 Å². The van der Waals surface area contributed by atoms with Crippen molar-refractivity contribution >= 4 is 34.2 Å². The Balaban J connectivity index is 1.47. The van der Waals surface area contributed by atoms with Gasteiger partial charge in [-0.05, 0) is 74.6 Å². The van der Waals surface area contributed by atoms with Crippen molar-refractivity contribution in [3.8, 4) is 17.6 Å². The van der Waals surface area contributed by atoms with Crippen molar-refractivity contribution in [1.29, 1.82) is 5.26 Å². The Morgan fingerprint density at radius 3 is 2.57 bits per heavy atom. The van der Waals surface area contributed by atoms with Crippen molar-refractivity contribution in [2.75, 3.05) is 11.9 Å². The third kappa shape index (κ3) is 5.13. The topological polar surface area (TPSA) is 92.8 Å². The summed E-state index contributed by atoms with van der Waals surface area (Å²) in [4.78, 5) is 17.5. The highest BCUT2D eigenvalue weighted by molar-refractivity contribution is 6.32. The van der Waals surface area contributed by atoms with Crippen molar-refractivity contribution < 1.29 is 9.53 Å². The van der Waals surface area contributed by atoms with Crippen LogP contribution in [0, 0.1) is 39.0 Å². The van der Waals surface area contributed by atoms with Crippen LogP contribution in [0.4, 0.5) is 5.82 Å². The molecule has 0 atom stereocenters. The molecule has 7 nitrogen and oxygen atoms in total. The number of carbonyl (C=O) groups is 1. The van der Waals surface area contributed by atoms with Gasteiger partial charge in [0.05, 0.1) is 18.3 Å². The molecule has 0 spiro atoms. The van der Waals surface area contributed by atoms with Gasteiger partial charge in [-0.15, -0.1) is 0 Å². The number of hydrogen-bond acceptors (Lipinski definition) is 5. The molecule has 2 aromatic heterocycles. The second kappa shape index (κ2) is 10.2. The number of anilines is 1. The van der Waals surface area contributed by atoms with E-state index in [1.54, 1.807) is 0 Å². The van der Waals surface area contributed by atoms with Crippen LogP contribution in [0.25, 0.3) is 16.7 Å². The summed E-state index contributed by atoms with van der Waals surface area (Å²) in [6, 6.07) is 13.8. The Bertz CT molecular complexity index is 1450. The summed E-state index contributed by atoms with van der Waals surface area (Å²) in [6.45, 7) is 8.24. The summed E-state index contributed by atoms with van der Waals surface area (Å²) < 4.78 is 7.30. The third-order valence-corrected chi connectivity index (χ3v) is 6.42. The molecule has 4 aromatic rings. The SMILES string of the molecule is Cc1cc(OCCCC(=O)Nc2c(C#N)cnn2-c2cc(C)c3cccc(C)c3n2)cc(C)c1Cl. The number of aryl methyl sites for hydroxylation is 4. The van der Waals surface area contributed by atoms with E-state index in [0.717, 1.165) is 43.9 Å². The van der Waals surface area contributed by atoms with Gasteiger partial charge in [-0.2, -0.15) is 15.0 Å². The number of carbonyl (C=O) groups excluding carboxylic acids is 1. The first-order chi connectivity index (χ1) is 16.8. The number of rotatable bonds is 7. The molecule has 0 fully saturated rings. The minimum atomic E-state index is -0.232. The number of hydrogen-bond donors (Lipinski definition) is 1. The number of nitrogens with one attached hydrogen (secondary N) is 1. The number of para-hydroxylation sites is 1. The van der Waals surface area contributed by atoms with Gasteiger partial charge in [0.25, 0.3) is 0 Å². The predicted molar refractivity (Wildman–Crippen MR) is 137 cm³/mol. The normalized spacial score (nSPS) is 10.9. The number of pyridine rings is 1. The van der Waals surface area contributed by atoms with Gasteiger partial charge in [0, 0.05) is 16.8 Å². The maximum absolute atomic E-state index is 12.7. The number of fused-ring (bicyclic) bond motifs is 1. The first-order valence-electron chi connectivity index (χ1n) is 11.3. The first-order valence-corrected chi connectivity index (χ1v) is 11.7. The van der Waals surface area contributed by atoms with Crippen LogP contribution in [0.2, 0.25) is 5.02 Å². The number of benzene rings is 2. The average Bonchev–Trinajstić information content (AvgIpc) is 3.23. The molecule has 2 aromatic carbocycles. The molecule has 0 unspecified atom stereocenters. The Morgan fingerprint density at radius 1 is 1.11 bits per heavy atom. The van der Waals surface area contributed by atoms with Gasteiger partial charge in [-0.1, -0.05) is 29.8 Å². The van der Waals surface area contributed by atoms with Crippen LogP contribution in [0.3, 0.4) is 0 Å². The second-order valence-corrected chi connectivity index (χ2v) is 8.95. The number of ether oxygens (including phenoxy) is 1. The van der Waals surface area contributed by atoms with E-state index in [-0.39, 0.29) is 17.9 Å². The molecule has 35 heavy (non-hydrogen) atoms. The molecule has 0 aliphatic rings. The second-order valence-electron chi connectivity index (χ2n) is 8.57. The zero-order valence-electron chi connectivity index (χ0n) is 20.1. The lowest BCUT2D eigenvalue weighted by atomic mass is 10.1. The highest BCUT2D eigenvalue weighted by Gasteiger charge is 2.17. The van der Waals surface area contributed by atoms with E-state index in [0.29, 0.717) is 24.7 Å². The number of amides is 1. The lowest BCUT2D eigenvalue weighted by molar-refractivity contribution is -0.116. The van der Waals surface area contributed by atoms with Crippen LogP contribution in [-0.2, 0) is 4.79 Å². The molecule has 0 radical (unpaired) electrons. The van der Waals surface area contributed by atoms with Crippen LogP contribution in [0.1, 0.15) is 40.7 Å². The highest BCUT2D eigenvalue weighted by atomic mass is 35.5. The lowest BCUT2D eigenvalue weighted by Crippen LogP contribution is -2.17. The molecule has 0 aliphatic heterocycles. The van der Waals surface area contributed by atoms with Gasteiger partial charge in [0.15, 0.2) is 11.6 Å². The number of aromatic nitrogens is 3.